The van der Waals surface area contributed by atoms with Gasteiger partial charge in [-0.15, -0.1) is 0 Å². The van der Waals surface area contributed by atoms with Gasteiger partial charge in [-0.1, -0.05) is 0 Å². The highest BCUT2D eigenvalue weighted by molar-refractivity contribution is 5.84. The van der Waals surface area contributed by atoms with Crippen molar-refractivity contribution in [1.29, 1.82) is 0 Å². The van der Waals surface area contributed by atoms with Gasteiger partial charge in [0.15, 0.2) is 0 Å². The van der Waals surface area contributed by atoms with Gasteiger partial charge in [-0.25, -0.2) is 14.4 Å². The van der Waals surface area contributed by atoms with E-state index in [1.54, 1.807) is 0 Å². The van der Waals surface area contributed by atoms with Crippen molar-refractivity contribution in [3.8, 4) is 0 Å². The fourth-order valence-corrected chi connectivity index (χ4v) is 0.584. The molecule has 0 aliphatic heterocycles. The summed E-state index contributed by atoms with van der Waals surface area (Å²) in [6.45, 7) is 1.20. The van der Waals surface area contributed by atoms with Crippen LogP contribution >= 0.6 is 0 Å². The van der Waals surface area contributed by atoms with Crippen molar-refractivity contribution >= 4 is 11.9 Å². The molecule has 1 aromatic rings. The first-order chi connectivity index (χ1) is 7.73. The highest BCUT2D eigenvalue weighted by atomic mass is 16.4. The van der Waals surface area contributed by atoms with Crippen LogP contribution in [0.2, 0.25) is 0 Å². The van der Waals surface area contributed by atoms with E-state index in [4.69, 9.17) is 15.3 Å². The van der Waals surface area contributed by atoms with Crippen LogP contribution in [-0.4, -0.2) is 43.3 Å². The number of rotatable bonds is 2. The van der Waals surface area contributed by atoms with Gasteiger partial charge in [0.05, 0.1) is 0 Å². The molecule has 9 heteroatoms. The molecule has 1 aromatic heterocycles. The predicted molar refractivity (Wildman–Crippen MR) is 54.0 cm³/mol. The molecule has 1 heterocycles. The van der Waals surface area contributed by atoms with Crippen molar-refractivity contribution < 1.29 is 24.9 Å². The van der Waals surface area contributed by atoms with E-state index in [0.717, 1.165) is 6.07 Å². The fourth-order valence-electron chi connectivity index (χ4n) is 0.584. The van der Waals surface area contributed by atoms with Crippen molar-refractivity contribution in [1.82, 2.24) is 9.97 Å². The van der Waals surface area contributed by atoms with E-state index in [0.29, 0.717) is 0 Å². The van der Waals surface area contributed by atoms with Crippen LogP contribution in [-0.2, 0) is 4.79 Å². The molecule has 5 N–H and O–H groups in total. The molecule has 0 saturated heterocycles. The number of H-pyrrole nitrogens is 2. The second-order valence-electron chi connectivity index (χ2n) is 2.82. The molecule has 1 rings (SSSR count). The number of carboxylic acids is 2. The molecule has 17 heavy (non-hydrogen) atoms. The molecule has 0 radical (unpaired) electrons. The van der Waals surface area contributed by atoms with E-state index in [2.05, 4.69) is 0 Å². The van der Waals surface area contributed by atoms with Crippen LogP contribution in [0.25, 0.3) is 0 Å². The van der Waals surface area contributed by atoms with Gasteiger partial charge in [0.25, 0.3) is 5.56 Å². The van der Waals surface area contributed by atoms with Gasteiger partial charge in [0, 0.05) is 6.07 Å². The average Bonchev–Trinajstić information content (AvgIpc) is 2.16. The Labute approximate surface area is 93.4 Å². The van der Waals surface area contributed by atoms with Crippen LogP contribution in [0.4, 0.5) is 0 Å². The monoisotopic (exact) mass is 246 g/mol. The summed E-state index contributed by atoms with van der Waals surface area (Å²) >= 11 is 0. The normalized spacial score (nSPS) is 10.9. The van der Waals surface area contributed by atoms with Crippen LogP contribution in [0.1, 0.15) is 17.4 Å². The number of hydrogen-bond donors (Lipinski definition) is 5. The molecular weight excluding hydrogens is 236 g/mol. The van der Waals surface area contributed by atoms with E-state index in [1.165, 1.54) is 6.92 Å². The van der Waals surface area contributed by atoms with E-state index in [-0.39, 0.29) is 0 Å². The maximum Gasteiger partial charge on any atom is 0.352 e. The lowest BCUT2D eigenvalue weighted by Gasteiger charge is -1.89. The number of aromatic nitrogens is 2. The first kappa shape index (κ1) is 14.6. The molecule has 9 nitrogen and oxygen atoms in total. The lowest BCUT2D eigenvalue weighted by molar-refractivity contribution is -0.145. The third-order valence-electron chi connectivity index (χ3n) is 1.35. The number of carbonyl (C=O) groups is 2. The summed E-state index contributed by atoms with van der Waals surface area (Å²) in [4.78, 5) is 44.3. The number of hydrogen-bond acceptors (Lipinski definition) is 5. The standard InChI is InChI=1S/C5H4N2O4.C3H6O3/c8-3-1-2(4(9)10)6-5(11)7-3;1-2(4)3(5)6/h1H,(H,9,10)(H2,6,7,8,11);2,4H,1H3,(H,5,6). The Hall–Kier alpha value is -2.42. The summed E-state index contributed by atoms with van der Waals surface area (Å²) in [6, 6.07) is 0.795. The molecule has 0 saturated carbocycles. The number of aromatic carboxylic acids is 1. The molecule has 1 atom stereocenters. The highest BCUT2D eigenvalue weighted by Crippen LogP contribution is 1.81. The molecule has 0 spiro atoms. The minimum Gasteiger partial charge on any atom is -0.479 e. The molecule has 94 valence electrons. The third-order valence-corrected chi connectivity index (χ3v) is 1.35. The molecule has 1 unspecified atom stereocenters. The third kappa shape index (κ3) is 5.89. The number of carboxylic acid groups (broad SMARTS) is 2. The molecule has 0 aliphatic carbocycles. The van der Waals surface area contributed by atoms with Crippen LogP contribution in [0.3, 0.4) is 0 Å². The zero-order chi connectivity index (χ0) is 13.6. The van der Waals surface area contributed by atoms with Crippen molar-refractivity contribution in [2.45, 2.75) is 13.0 Å². The van der Waals surface area contributed by atoms with Gasteiger partial charge < -0.3 is 20.3 Å². The van der Waals surface area contributed by atoms with Crippen molar-refractivity contribution in [3.05, 3.63) is 32.6 Å². The van der Waals surface area contributed by atoms with Gasteiger partial charge in [0.1, 0.15) is 11.8 Å². The zero-order valence-electron chi connectivity index (χ0n) is 8.63. The minimum absolute atomic E-state index is 0.418. The van der Waals surface area contributed by atoms with Gasteiger partial charge in [-0.3, -0.25) is 9.78 Å². The van der Waals surface area contributed by atoms with E-state index >= 15 is 0 Å². The van der Waals surface area contributed by atoms with Gasteiger partial charge in [0.2, 0.25) is 0 Å². The smallest absolute Gasteiger partial charge is 0.352 e. The Morgan fingerprint density at radius 3 is 2.00 bits per heavy atom. The molecular formula is C8H10N2O7. The Morgan fingerprint density at radius 2 is 1.71 bits per heavy atom. The van der Waals surface area contributed by atoms with Crippen LogP contribution in [0, 0.1) is 0 Å². The number of aliphatic hydroxyl groups is 1. The van der Waals surface area contributed by atoms with E-state index in [1.807, 2.05) is 9.97 Å². The Kier molecular flexibility index (Phi) is 5.34. The maximum absolute atomic E-state index is 10.5. The van der Waals surface area contributed by atoms with Crippen LogP contribution < -0.4 is 11.2 Å². The fraction of sp³-hybridized carbons (Fsp3) is 0.250. The first-order valence-corrected chi connectivity index (χ1v) is 4.22. The second-order valence-corrected chi connectivity index (χ2v) is 2.82. The van der Waals surface area contributed by atoms with Gasteiger partial charge in [-0.2, -0.15) is 0 Å². The number of aromatic amines is 2. The van der Waals surface area contributed by atoms with Crippen molar-refractivity contribution in [2.75, 3.05) is 0 Å². The summed E-state index contributed by atoms with van der Waals surface area (Å²) < 4.78 is 0. The molecule has 0 bridgehead atoms. The quantitative estimate of drug-likeness (QED) is 0.411. The number of aliphatic hydroxyl groups excluding tert-OH is 1. The summed E-state index contributed by atoms with van der Waals surface area (Å²) in [7, 11) is 0. The van der Waals surface area contributed by atoms with Crippen molar-refractivity contribution in [3.63, 3.8) is 0 Å². The average molecular weight is 246 g/mol. The molecule has 0 fully saturated rings. The Balaban J connectivity index is 0.000000366. The minimum atomic E-state index is -1.34. The van der Waals surface area contributed by atoms with Crippen LogP contribution in [0.15, 0.2) is 15.7 Å². The molecule has 0 aromatic carbocycles. The maximum atomic E-state index is 10.5. The first-order valence-electron chi connectivity index (χ1n) is 4.22. The second kappa shape index (κ2) is 6.23. The summed E-state index contributed by atoms with van der Waals surface area (Å²) in [5, 5.41) is 24.1. The lowest BCUT2D eigenvalue weighted by Crippen LogP contribution is -2.24. The molecule has 0 aliphatic rings. The predicted octanol–water partition coefficient (Wildman–Crippen LogP) is -1.79. The summed E-state index contributed by atoms with van der Waals surface area (Å²) in [5.41, 5.74) is -1.97. The largest absolute Gasteiger partial charge is 0.479 e. The molecule has 0 amide bonds. The SMILES string of the molecule is CC(O)C(=O)O.O=C(O)c1cc(=O)[nH]c(=O)[nH]1. The number of nitrogens with one attached hydrogen (secondary N) is 2. The van der Waals surface area contributed by atoms with Gasteiger partial charge in [-0.05, 0) is 6.92 Å². The van der Waals surface area contributed by atoms with E-state index in [9.17, 15) is 19.2 Å². The van der Waals surface area contributed by atoms with Crippen LogP contribution in [0.5, 0.6) is 0 Å². The van der Waals surface area contributed by atoms with Crippen molar-refractivity contribution in [2.24, 2.45) is 0 Å². The number of aliphatic carboxylic acids is 1. The topological polar surface area (TPSA) is 161 Å². The Morgan fingerprint density at radius 1 is 1.24 bits per heavy atom. The van der Waals surface area contributed by atoms with E-state index < -0.39 is 35.0 Å². The Bertz CT molecular complexity index is 485. The summed E-state index contributed by atoms with van der Waals surface area (Å²) in [5.74, 6) is -2.52. The highest BCUT2D eigenvalue weighted by Gasteiger charge is 2.03. The lowest BCUT2D eigenvalue weighted by atomic mass is 10.4. The zero-order valence-corrected chi connectivity index (χ0v) is 8.63. The van der Waals surface area contributed by atoms with Gasteiger partial charge >= 0.3 is 17.6 Å². The summed E-state index contributed by atoms with van der Waals surface area (Å²) in [6.07, 6.45) is -1.23.